The van der Waals surface area contributed by atoms with Crippen LogP contribution in [0.5, 0.6) is 0 Å². The van der Waals surface area contributed by atoms with Gasteiger partial charge in [0.1, 0.15) is 0 Å². The monoisotopic (exact) mass is 256 g/mol. The lowest BCUT2D eigenvalue weighted by atomic mass is 10.0. The molecule has 3 nitrogen and oxygen atoms in total. The van der Waals surface area contributed by atoms with Crippen molar-refractivity contribution in [2.75, 3.05) is 6.54 Å². The van der Waals surface area contributed by atoms with Gasteiger partial charge in [0.2, 0.25) is 5.56 Å². The molecule has 0 radical (unpaired) electrons. The standard InChI is InChI=1S/C16H20N2O/c1-12-4-2-3-9-18(12)11-13-5-7-15-14(10-13)6-8-16(19)17-15/h5-8,10,12H,2-4,9,11H2,1H3,(H,17,19). The number of hydrogen-bond donors (Lipinski definition) is 1. The number of rotatable bonds is 2. The van der Waals surface area contributed by atoms with Crippen molar-refractivity contribution in [3.63, 3.8) is 0 Å². The lowest BCUT2D eigenvalue weighted by molar-refractivity contribution is 0.152. The molecular formula is C16H20N2O. The van der Waals surface area contributed by atoms with Crippen molar-refractivity contribution in [1.29, 1.82) is 0 Å². The van der Waals surface area contributed by atoms with E-state index in [1.165, 1.54) is 31.4 Å². The number of fused-ring (bicyclic) bond motifs is 1. The summed E-state index contributed by atoms with van der Waals surface area (Å²) in [7, 11) is 0. The highest BCUT2D eigenvalue weighted by molar-refractivity contribution is 5.78. The Morgan fingerprint density at radius 3 is 3.00 bits per heavy atom. The van der Waals surface area contributed by atoms with Crippen LogP contribution in [0.25, 0.3) is 10.9 Å². The second kappa shape index (κ2) is 5.17. The van der Waals surface area contributed by atoms with Crippen LogP contribution in [0.4, 0.5) is 0 Å². The van der Waals surface area contributed by atoms with Gasteiger partial charge in [-0.25, -0.2) is 0 Å². The van der Waals surface area contributed by atoms with E-state index in [4.69, 9.17) is 0 Å². The summed E-state index contributed by atoms with van der Waals surface area (Å²) in [5, 5.41) is 1.11. The summed E-state index contributed by atoms with van der Waals surface area (Å²) in [4.78, 5) is 16.7. The highest BCUT2D eigenvalue weighted by Crippen LogP contribution is 2.20. The molecule has 2 heterocycles. The molecule has 0 aliphatic carbocycles. The topological polar surface area (TPSA) is 36.1 Å². The number of likely N-dealkylation sites (tertiary alicyclic amines) is 1. The van der Waals surface area contributed by atoms with Crippen molar-refractivity contribution in [1.82, 2.24) is 9.88 Å². The number of hydrogen-bond acceptors (Lipinski definition) is 2. The molecule has 100 valence electrons. The van der Waals surface area contributed by atoms with E-state index in [1.807, 2.05) is 12.1 Å². The fraction of sp³-hybridized carbons (Fsp3) is 0.438. The Morgan fingerprint density at radius 2 is 2.16 bits per heavy atom. The summed E-state index contributed by atoms with van der Waals surface area (Å²) < 4.78 is 0. The number of nitrogens with zero attached hydrogens (tertiary/aromatic N) is 1. The molecule has 0 bridgehead atoms. The molecular weight excluding hydrogens is 236 g/mol. The molecule has 0 amide bonds. The van der Waals surface area contributed by atoms with Crippen molar-refractivity contribution < 1.29 is 0 Å². The molecule has 1 fully saturated rings. The summed E-state index contributed by atoms with van der Waals surface area (Å²) in [5.74, 6) is 0. The van der Waals surface area contributed by atoms with Gasteiger partial charge in [0.25, 0.3) is 0 Å². The van der Waals surface area contributed by atoms with Gasteiger partial charge in [-0.2, -0.15) is 0 Å². The Bertz CT molecular complexity index is 632. The second-order valence-electron chi connectivity index (χ2n) is 5.56. The van der Waals surface area contributed by atoms with Crippen molar-refractivity contribution in [2.24, 2.45) is 0 Å². The first kappa shape index (κ1) is 12.4. The number of pyridine rings is 1. The number of piperidine rings is 1. The molecule has 3 rings (SSSR count). The molecule has 0 spiro atoms. The molecule has 1 saturated heterocycles. The quantitative estimate of drug-likeness (QED) is 0.897. The van der Waals surface area contributed by atoms with Gasteiger partial charge in [0.05, 0.1) is 0 Å². The molecule has 1 aromatic heterocycles. The Kier molecular flexibility index (Phi) is 3.38. The summed E-state index contributed by atoms with van der Waals surface area (Å²) in [5.41, 5.74) is 2.21. The minimum absolute atomic E-state index is 0.0371. The molecule has 19 heavy (non-hydrogen) atoms. The predicted molar refractivity (Wildman–Crippen MR) is 78.3 cm³/mol. The second-order valence-corrected chi connectivity index (χ2v) is 5.56. The van der Waals surface area contributed by atoms with E-state index in [0.29, 0.717) is 6.04 Å². The minimum atomic E-state index is -0.0371. The molecule has 1 unspecified atom stereocenters. The summed E-state index contributed by atoms with van der Waals surface area (Å²) in [6, 6.07) is 10.5. The van der Waals surface area contributed by atoms with E-state index in [2.05, 4.69) is 28.9 Å². The van der Waals surface area contributed by atoms with Gasteiger partial charge in [-0.05, 0) is 55.5 Å². The molecule has 1 aliphatic heterocycles. The number of aromatic amines is 1. The van der Waals surface area contributed by atoms with Crippen LogP contribution in [0, 0.1) is 0 Å². The van der Waals surface area contributed by atoms with Gasteiger partial charge in [-0.1, -0.05) is 12.5 Å². The van der Waals surface area contributed by atoms with Crippen molar-refractivity contribution in [3.05, 3.63) is 46.2 Å². The Hall–Kier alpha value is -1.61. The van der Waals surface area contributed by atoms with E-state index >= 15 is 0 Å². The van der Waals surface area contributed by atoms with Gasteiger partial charge in [0.15, 0.2) is 0 Å². The van der Waals surface area contributed by atoms with E-state index in [-0.39, 0.29) is 5.56 Å². The maximum absolute atomic E-state index is 11.3. The van der Waals surface area contributed by atoms with Gasteiger partial charge < -0.3 is 4.98 Å². The summed E-state index contributed by atoms with van der Waals surface area (Å²) in [6.07, 6.45) is 3.97. The van der Waals surface area contributed by atoms with Crippen LogP contribution in [0.2, 0.25) is 0 Å². The predicted octanol–water partition coefficient (Wildman–Crippen LogP) is 2.90. The largest absolute Gasteiger partial charge is 0.322 e. The van der Waals surface area contributed by atoms with Crippen molar-refractivity contribution in [3.8, 4) is 0 Å². The minimum Gasteiger partial charge on any atom is -0.322 e. The van der Waals surface area contributed by atoms with Crippen LogP contribution in [0.15, 0.2) is 35.1 Å². The van der Waals surface area contributed by atoms with Crippen molar-refractivity contribution in [2.45, 2.75) is 38.8 Å². The Morgan fingerprint density at radius 1 is 1.26 bits per heavy atom. The highest BCUT2D eigenvalue weighted by atomic mass is 16.1. The molecule has 1 aromatic carbocycles. The third-order valence-corrected chi connectivity index (χ3v) is 4.11. The fourth-order valence-electron chi connectivity index (χ4n) is 2.93. The zero-order chi connectivity index (χ0) is 13.2. The van der Waals surface area contributed by atoms with Crippen LogP contribution in [0.1, 0.15) is 31.7 Å². The maximum atomic E-state index is 11.3. The van der Waals surface area contributed by atoms with Crippen LogP contribution < -0.4 is 5.56 Å². The van der Waals surface area contributed by atoms with E-state index < -0.39 is 0 Å². The number of nitrogens with one attached hydrogen (secondary N) is 1. The lowest BCUT2D eigenvalue weighted by Crippen LogP contribution is -2.36. The van der Waals surface area contributed by atoms with Gasteiger partial charge in [-0.3, -0.25) is 9.69 Å². The Labute approximate surface area is 113 Å². The van der Waals surface area contributed by atoms with Crippen LogP contribution >= 0.6 is 0 Å². The molecule has 1 aliphatic rings. The number of aromatic nitrogens is 1. The summed E-state index contributed by atoms with van der Waals surface area (Å²) >= 11 is 0. The zero-order valence-corrected chi connectivity index (χ0v) is 11.4. The van der Waals surface area contributed by atoms with Gasteiger partial charge in [-0.15, -0.1) is 0 Å². The van der Waals surface area contributed by atoms with E-state index in [0.717, 1.165) is 17.4 Å². The maximum Gasteiger partial charge on any atom is 0.248 e. The first-order chi connectivity index (χ1) is 9.22. The Balaban J connectivity index is 1.85. The molecule has 1 N–H and O–H groups in total. The van der Waals surface area contributed by atoms with E-state index in [1.54, 1.807) is 6.07 Å². The number of benzene rings is 1. The van der Waals surface area contributed by atoms with Crippen molar-refractivity contribution >= 4 is 10.9 Å². The smallest absolute Gasteiger partial charge is 0.248 e. The van der Waals surface area contributed by atoms with Crippen LogP contribution in [0.3, 0.4) is 0 Å². The highest BCUT2D eigenvalue weighted by Gasteiger charge is 2.18. The molecule has 2 aromatic rings. The van der Waals surface area contributed by atoms with Crippen LogP contribution in [-0.2, 0) is 6.54 Å². The first-order valence-electron chi connectivity index (χ1n) is 7.08. The zero-order valence-electron chi connectivity index (χ0n) is 11.4. The average Bonchev–Trinajstić information content (AvgIpc) is 2.41. The molecule has 0 saturated carbocycles. The third kappa shape index (κ3) is 2.71. The van der Waals surface area contributed by atoms with Gasteiger partial charge in [0, 0.05) is 24.2 Å². The SMILES string of the molecule is CC1CCCCN1Cc1ccc2[nH]c(=O)ccc2c1. The normalized spacial score (nSPS) is 20.8. The van der Waals surface area contributed by atoms with Gasteiger partial charge >= 0.3 is 0 Å². The van der Waals surface area contributed by atoms with Crippen LogP contribution in [-0.4, -0.2) is 22.5 Å². The molecule has 3 heteroatoms. The van der Waals surface area contributed by atoms with E-state index in [9.17, 15) is 4.79 Å². The number of H-pyrrole nitrogens is 1. The first-order valence-corrected chi connectivity index (χ1v) is 7.08. The third-order valence-electron chi connectivity index (χ3n) is 4.11. The summed E-state index contributed by atoms with van der Waals surface area (Å²) in [6.45, 7) is 4.53. The lowest BCUT2D eigenvalue weighted by Gasteiger charge is -2.33. The average molecular weight is 256 g/mol. The fourth-order valence-corrected chi connectivity index (χ4v) is 2.93. The molecule has 1 atom stereocenters.